The molecule has 0 aliphatic carbocycles. The zero-order chi connectivity index (χ0) is 13.0. The van der Waals surface area contributed by atoms with E-state index in [4.69, 9.17) is 0 Å². The predicted molar refractivity (Wildman–Crippen MR) is 69.1 cm³/mol. The Morgan fingerprint density at radius 3 is 2.61 bits per heavy atom. The normalized spacial score (nSPS) is 25.7. The molecule has 2 rings (SSSR count). The van der Waals surface area contributed by atoms with Crippen molar-refractivity contribution in [1.29, 1.82) is 0 Å². The quantitative estimate of drug-likeness (QED) is 0.628. The summed E-state index contributed by atoms with van der Waals surface area (Å²) in [6.45, 7) is 5.82. The van der Waals surface area contributed by atoms with Gasteiger partial charge in [-0.2, -0.15) is 0 Å². The number of carbonyl (C=O) groups is 2. The average Bonchev–Trinajstić information content (AvgIpc) is 2.66. The number of hydrogen-bond donors (Lipinski definition) is 1. The van der Waals surface area contributed by atoms with E-state index in [1.165, 1.54) is 0 Å². The third kappa shape index (κ3) is 3.02. The van der Waals surface area contributed by atoms with Gasteiger partial charge in [0.2, 0.25) is 0 Å². The first-order valence-electron chi connectivity index (χ1n) is 7.01. The van der Waals surface area contributed by atoms with Gasteiger partial charge in [0, 0.05) is 32.2 Å². The van der Waals surface area contributed by atoms with Crippen molar-refractivity contribution in [3.05, 3.63) is 0 Å². The number of hydrogen-bond acceptors (Lipinski definition) is 3. The van der Waals surface area contributed by atoms with E-state index < -0.39 is 0 Å². The average molecular weight is 253 g/mol. The molecule has 18 heavy (non-hydrogen) atoms. The highest BCUT2D eigenvalue weighted by atomic mass is 16.2. The summed E-state index contributed by atoms with van der Waals surface area (Å²) in [7, 11) is 0. The lowest BCUT2D eigenvalue weighted by molar-refractivity contribution is -0.153. The van der Waals surface area contributed by atoms with Crippen molar-refractivity contribution >= 4 is 11.8 Å². The lowest BCUT2D eigenvalue weighted by Crippen LogP contribution is -2.50. The van der Waals surface area contributed by atoms with Gasteiger partial charge in [-0.3, -0.25) is 9.59 Å². The van der Waals surface area contributed by atoms with Crippen LogP contribution in [0.2, 0.25) is 0 Å². The molecule has 0 radical (unpaired) electrons. The van der Waals surface area contributed by atoms with Gasteiger partial charge in [0.15, 0.2) is 0 Å². The molecule has 5 heteroatoms. The van der Waals surface area contributed by atoms with Crippen LogP contribution < -0.4 is 5.32 Å². The Hall–Kier alpha value is -1.10. The third-order valence-electron chi connectivity index (χ3n) is 3.87. The first kappa shape index (κ1) is 13.3. The molecular formula is C13H23N3O2. The van der Waals surface area contributed by atoms with E-state index in [2.05, 4.69) is 5.32 Å². The fourth-order valence-corrected chi connectivity index (χ4v) is 2.71. The topological polar surface area (TPSA) is 52.7 Å². The van der Waals surface area contributed by atoms with Gasteiger partial charge in [-0.05, 0) is 39.2 Å². The van der Waals surface area contributed by atoms with Crippen LogP contribution in [0.25, 0.3) is 0 Å². The molecular weight excluding hydrogens is 230 g/mol. The molecule has 2 saturated heterocycles. The molecule has 0 spiro atoms. The first-order valence-corrected chi connectivity index (χ1v) is 7.01. The van der Waals surface area contributed by atoms with Gasteiger partial charge in [-0.1, -0.05) is 0 Å². The maximum absolute atomic E-state index is 12.2. The van der Waals surface area contributed by atoms with Crippen molar-refractivity contribution in [3.63, 3.8) is 0 Å². The van der Waals surface area contributed by atoms with E-state index in [9.17, 15) is 9.59 Å². The third-order valence-corrected chi connectivity index (χ3v) is 3.87. The molecule has 0 aromatic rings. The highest BCUT2D eigenvalue weighted by molar-refractivity contribution is 6.35. The molecule has 0 bridgehead atoms. The maximum atomic E-state index is 12.2. The summed E-state index contributed by atoms with van der Waals surface area (Å²) in [6.07, 6.45) is 4.12. The largest absolute Gasteiger partial charge is 0.333 e. The second-order valence-electron chi connectivity index (χ2n) is 5.24. The van der Waals surface area contributed by atoms with Crippen LogP contribution in [0.3, 0.4) is 0 Å². The summed E-state index contributed by atoms with van der Waals surface area (Å²) in [5, 5.41) is 3.24. The van der Waals surface area contributed by atoms with Crippen molar-refractivity contribution in [1.82, 2.24) is 15.1 Å². The number of likely N-dealkylation sites (tertiary alicyclic amines) is 1. The van der Waals surface area contributed by atoms with Gasteiger partial charge in [-0.25, -0.2) is 0 Å². The highest BCUT2D eigenvalue weighted by Gasteiger charge is 2.31. The van der Waals surface area contributed by atoms with E-state index in [1.54, 1.807) is 9.80 Å². The molecule has 1 N–H and O–H groups in total. The minimum atomic E-state index is -0.313. The smallest absolute Gasteiger partial charge is 0.312 e. The zero-order valence-corrected chi connectivity index (χ0v) is 11.2. The second-order valence-corrected chi connectivity index (χ2v) is 5.24. The minimum Gasteiger partial charge on any atom is -0.333 e. The van der Waals surface area contributed by atoms with Crippen LogP contribution in [0.4, 0.5) is 0 Å². The molecule has 5 nitrogen and oxygen atoms in total. The summed E-state index contributed by atoms with van der Waals surface area (Å²) in [5.74, 6) is -0.614. The molecule has 2 amide bonds. The molecule has 2 aliphatic rings. The van der Waals surface area contributed by atoms with Crippen LogP contribution in [0.15, 0.2) is 0 Å². The van der Waals surface area contributed by atoms with Gasteiger partial charge in [-0.15, -0.1) is 0 Å². The lowest BCUT2D eigenvalue weighted by Gasteiger charge is -2.34. The van der Waals surface area contributed by atoms with Crippen LogP contribution in [0, 0.1) is 0 Å². The summed E-state index contributed by atoms with van der Waals surface area (Å²) in [4.78, 5) is 27.9. The summed E-state index contributed by atoms with van der Waals surface area (Å²) < 4.78 is 0. The maximum Gasteiger partial charge on any atom is 0.312 e. The molecule has 0 aromatic carbocycles. The Morgan fingerprint density at radius 1 is 1.00 bits per heavy atom. The first-order chi connectivity index (χ1) is 8.70. The number of nitrogens with one attached hydrogen (secondary N) is 1. The molecule has 0 saturated carbocycles. The van der Waals surface area contributed by atoms with Gasteiger partial charge >= 0.3 is 11.8 Å². The molecule has 2 fully saturated rings. The molecule has 102 valence electrons. The van der Waals surface area contributed by atoms with E-state index >= 15 is 0 Å². The molecule has 0 aromatic heterocycles. The van der Waals surface area contributed by atoms with Crippen molar-refractivity contribution in [2.24, 2.45) is 0 Å². The fraction of sp³-hybridized carbons (Fsp3) is 0.846. The number of nitrogens with zero attached hydrogens (tertiary/aromatic N) is 2. The molecule has 1 unspecified atom stereocenters. The molecule has 1 atom stereocenters. The van der Waals surface area contributed by atoms with Gasteiger partial charge in [0.25, 0.3) is 0 Å². The number of piperidine rings is 1. The van der Waals surface area contributed by atoms with Crippen LogP contribution >= 0.6 is 0 Å². The van der Waals surface area contributed by atoms with Gasteiger partial charge < -0.3 is 15.1 Å². The van der Waals surface area contributed by atoms with E-state index in [-0.39, 0.29) is 17.9 Å². The van der Waals surface area contributed by atoms with E-state index in [0.717, 1.165) is 45.3 Å². The lowest BCUT2D eigenvalue weighted by atomic mass is 10.0. The Bertz CT molecular complexity index is 311. The van der Waals surface area contributed by atoms with Crippen molar-refractivity contribution in [3.8, 4) is 0 Å². The van der Waals surface area contributed by atoms with Crippen LogP contribution in [0.5, 0.6) is 0 Å². The predicted octanol–water partition coefficient (Wildman–Crippen LogP) is 0.209. The van der Waals surface area contributed by atoms with Crippen LogP contribution in [-0.4, -0.2) is 60.4 Å². The van der Waals surface area contributed by atoms with Crippen molar-refractivity contribution in [2.75, 3.05) is 32.7 Å². The zero-order valence-electron chi connectivity index (χ0n) is 11.2. The SMILES string of the molecule is CC1CCCCN1C(=O)C(=O)N1CCCNCC1. The Morgan fingerprint density at radius 2 is 1.83 bits per heavy atom. The standard InChI is InChI=1S/C13H23N3O2/c1-11-5-2-3-9-16(11)13(18)12(17)15-8-4-6-14-7-10-15/h11,14H,2-10H2,1H3. The van der Waals surface area contributed by atoms with Crippen molar-refractivity contribution < 1.29 is 9.59 Å². The second kappa shape index (κ2) is 6.18. The van der Waals surface area contributed by atoms with E-state index in [1.807, 2.05) is 6.92 Å². The van der Waals surface area contributed by atoms with Crippen LogP contribution in [0.1, 0.15) is 32.6 Å². The minimum absolute atomic E-state index is 0.209. The summed E-state index contributed by atoms with van der Waals surface area (Å²) in [6, 6.07) is 0.209. The molecule has 2 heterocycles. The van der Waals surface area contributed by atoms with Crippen molar-refractivity contribution in [2.45, 2.75) is 38.6 Å². The Labute approximate surface area is 108 Å². The summed E-state index contributed by atoms with van der Waals surface area (Å²) >= 11 is 0. The fourth-order valence-electron chi connectivity index (χ4n) is 2.71. The van der Waals surface area contributed by atoms with Gasteiger partial charge in [0.1, 0.15) is 0 Å². The van der Waals surface area contributed by atoms with Crippen LogP contribution in [-0.2, 0) is 9.59 Å². The number of carbonyl (C=O) groups excluding carboxylic acids is 2. The summed E-state index contributed by atoms with van der Waals surface area (Å²) in [5.41, 5.74) is 0. The Balaban J connectivity index is 1.96. The molecule has 2 aliphatic heterocycles. The number of amides is 2. The Kier molecular flexibility index (Phi) is 4.58. The van der Waals surface area contributed by atoms with E-state index in [0.29, 0.717) is 13.1 Å². The number of rotatable bonds is 0. The highest BCUT2D eigenvalue weighted by Crippen LogP contribution is 2.17. The monoisotopic (exact) mass is 253 g/mol. The van der Waals surface area contributed by atoms with Gasteiger partial charge in [0.05, 0.1) is 0 Å².